The fraction of sp³-hybridized carbons (Fsp3) is 0.692. The molecular weight excluding hydrogens is 296 g/mol. The summed E-state index contributed by atoms with van der Waals surface area (Å²) >= 11 is 1.51. The van der Waals surface area contributed by atoms with Crippen LogP contribution in [0.2, 0.25) is 0 Å². The summed E-state index contributed by atoms with van der Waals surface area (Å²) in [5.41, 5.74) is 0. The predicted octanol–water partition coefficient (Wildman–Crippen LogP) is 1.62. The molecule has 0 aliphatic carbocycles. The molecule has 1 fully saturated rings. The molecule has 2 N–H and O–H groups in total. The summed E-state index contributed by atoms with van der Waals surface area (Å²) in [6, 6.07) is 1.75. The van der Waals surface area contributed by atoms with Gasteiger partial charge in [0.15, 0.2) is 0 Å². The molecular formula is C13H22N2O3S2. The lowest BCUT2D eigenvalue weighted by molar-refractivity contribution is 0.0200. The van der Waals surface area contributed by atoms with Crippen molar-refractivity contribution in [1.29, 1.82) is 0 Å². The van der Waals surface area contributed by atoms with Crippen LogP contribution >= 0.6 is 11.3 Å². The quantitative estimate of drug-likeness (QED) is 0.836. The highest BCUT2D eigenvalue weighted by atomic mass is 32.2. The van der Waals surface area contributed by atoms with Crippen LogP contribution < -0.4 is 10.0 Å². The van der Waals surface area contributed by atoms with Gasteiger partial charge in [-0.3, -0.25) is 0 Å². The second-order valence-corrected chi connectivity index (χ2v) is 8.08. The summed E-state index contributed by atoms with van der Waals surface area (Å²) in [7, 11) is -1.59. The first kappa shape index (κ1) is 15.9. The summed E-state index contributed by atoms with van der Waals surface area (Å²) in [6.45, 7) is 3.62. The zero-order valence-corrected chi connectivity index (χ0v) is 13.6. The Morgan fingerprint density at radius 2 is 2.25 bits per heavy atom. The fourth-order valence-corrected chi connectivity index (χ4v) is 5.01. The molecule has 0 bridgehead atoms. The van der Waals surface area contributed by atoms with E-state index in [1.54, 1.807) is 6.07 Å². The number of nitrogens with one attached hydrogen (secondary N) is 2. The molecule has 1 aromatic heterocycles. The first-order valence-electron chi connectivity index (χ1n) is 6.88. The Balaban J connectivity index is 2.01. The van der Waals surface area contributed by atoms with Crippen LogP contribution in [0.25, 0.3) is 0 Å². The van der Waals surface area contributed by atoms with Crippen LogP contribution in [0, 0.1) is 6.92 Å². The van der Waals surface area contributed by atoms with Crippen LogP contribution in [0.4, 0.5) is 0 Å². The van der Waals surface area contributed by atoms with Gasteiger partial charge >= 0.3 is 0 Å². The molecule has 5 nitrogen and oxygen atoms in total. The molecule has 2 heterocycles. The first-order valence-corrected chi connectivity index (χ1v) is 9.18. The molecule has 7 heteroatoms. The lowest BCUT2D eigenvalue weighted by atomic mass is 10.1. The van der Waals surface area contributed by atoms with Gasteiger partial charge in [0.05, 0.1) is 11.0 Å². The largest absolute Gasteiger partial charge is 0.377 e. The molecule has 1 aromatic rings. The molecule has 0 aromatic carbocycles. The smallest absolute Gasteiger partial charge is 0.241 e. The molecule has 0 radical (unpaired) electrons. The third kappa shape index (κ3) is 4.02. The number of hydrogen-bond donors (Lipinski definition) is 2. The Morgan fingerprint density at radius 1 is 1.45 bits per heavy atom. The predicted molar refractivity (Wildman–Crippen MR) is 80.6 cm³/mol. The highest BCUT2D eigenvalue weighted by molar-refractivity contribution is 7.89. The van der Waals surface area contributed by atoms with Crippen molar-refractivity contribution >= 4 is 21.4 Å². The van der Waals surface area contributed by atoms with Crippen molar-refractivity contribution in [2.75, 3.05) is 20.2 Å². The average Bonchev–Trinajstić information content (AvgIpc) is 2.80. The molecule has 1 saturated heterocycles. The molecule has 1 aliphatic heterocycles. The van der Waals surface area contributed by atoms with Crippen LogP contribution in [-0.4, -0.2) is 34.7 Å². The molecule has 0 spiro atoms. The fourth-order valence-electron chi connectivity index (χ4n) is 2.30. The zero-order chi connectivity index (χ0) is 14.6. The summed E-state index contributed by atoms with van der Waals surface area (Å²) < 4.78 is 32.9. The number of rotatable bonds is 6. The number of hydrogen-bond acceptors (Lipinski definition) is 5. The first-order chi connectivity index (χ1) is 9.53. The van der Waals surface area contributed by atoms with Crippen LogP contribution in [0.15, 0.2) is 11.0 Å². The van der Waals surface area contributed by atoms with Crippen molar-refractivity contribution in [2.24, 2.45) is 0 Å². The molecule has 2 rings (SSSR count). The SMILES string of the molecule is CNCc1cc(S(=O)(=O)NCC2CCCCO2)c(C)s1. The summed E-state index contributed by atoms with van der Waals surface area (Å²) in [5, 5.41) is 3.03. The minimum Gasteiger partial charge on any atom is -0.377 e. The van der Waals surface area contributed by atoms with E-state index in [-0.39, 0.29) is 6.10 Å². The monoisotopic (exact) mass is 318 g/mol. The van der Waals surface area contributed by atoms with Crippen LogP contribution in [-0.2, 0) is 21.3 Å². The van der Waals surface area contributed by atoms with Crippen molar-refractivity contribution in [3.05, 3.63) is 15.8 Å². The zero-order valence-electron chi connectivity index (χ0n) is 11.9. The van der Waals surface area contributed by atoms with E-state index in [9.17, 15) is 8.42 Å². The second kappa shape index (κ2) is 7.00. The van der Waals surface area contributed by atoms with Gasteiger partial charge in [0.2, 0.25) is 10.0 Å². The summed E-state index contributed by atoms with van der Waals surface area (Å²) in [6.07, 6.45) is 3.11. The average molecular weight is 318 g/mol. The van der Waals surface area contributed by atoms with E-state index in [1.165, 1.54) is 11.3 Å². The lowest BCUT2D eigenvalue weighted by Crippen LogP contribution is -2.35. The molecule has 20 heavy (non-hydrogen) atoms. The van der Waals surface area contributed by atoms with Crippen LogP contribution in [0.5, 0.6) is 0 Å². The third-order valence-electron chi connectivity index (χ3n) is 3.34. The van der Waals surface area contributed by atoms with Gasteiger partial charge < -0.3 is 10.1 Å². The molecule has 1 atom stereocenters. The van der Waals surface area contributed by atoms with Crippen molar-refractivity contribution in [3.63, 3.8) is 0 Å². The van der Waals surface area contributed by atoms with Gasteiger partial charge in [-0.15, -0.1) is 11.3 Å². The number of sulfonamides is 1. The number of ether oxygens (including phenoxy) is 1. The van der Waals surface area contributed by atoms with Crippen LogP contribution in [0.3, 0.4) is 0 Å². The Bertz CT molecular complexity index is 534. The third-order valence-corrected chi connectivity index (χ3v) is 6.07. The van der Waals surface area contributed by atoms with E-state index in [4.69, 9.17) is 4.74 Å². The summed E-state index contributed by atoms with van der Waals surface area (Å²) in [4.78, 5) is 2.25. The van der Waals surface area contributed by atoms with E-state index in [2.05, 4.69) is 10.0 Å². The van der Waals surface area contributed by atoms with E-state index >= 15 is 0 Å². The Labute approximate surface area is 124 Å². The highest BCUT2D eigenvalue weighted by Gasteiger charge is 2.22. The standard InChI is InChI=1S/C13H22N2O3S2/c1-10-13(7-12(19-10)9-14-2)20(16,17)15-8-11-5-3-4-6-18-11/h7,11,14-15H,3-6,8-9H2,1-2H3. The van der Waals surface area contributed by atoms with Crippen molar-refractivity contribution in [1.82, 2.24) is 10.0 Å². The van der Waals surface area contributed by atoms with Crippen molar-refractivity contribution in [3.8, 4) is 0 Å². The lowest BCUT2D eigenvalue weighted by Gasteiger charge is -2.22. The normalized spacial score (nSPS) is 20.2. The molecule has 0 amide bonds. The molecule has 1 aliphatic rings. The van der Waals surface area contributed by atoms with Crippen LogP contribution in [0.1, 0.15) is 29.0 Å². The van der Waals surface area contributed by atoms with Gasteiger partial charge in [0.25, 0.3) is 0 Å². The van der Waals surface area contributed by atoms with Crippen molar-refractivity contribution < 1.29 is 13.2 Å². The van der Waals surface area contributed by atoms with Crippen molar-refractivity contribution in [2.45, 2.75) is 43.7 Å². The number of thiophene rings is 1. The topological polar surface area (TPSA) is 67.4 Å². The van der Waals surface area contributed by atoms with Gasteiger partial charge in [0, 0.05) is 29.5 Å². The number of aryl methyl sites for hydroxylation is 1. The Kier molecular flexibility index (Phi) is 5.57. The van der Waals surface area contributed by atoms with Gasteiger partial charge in [-0.2, -0.15) is 0 Å². The van der Waals surface area contributed by atoms with Gasteiger partial charge in [0.1, 0.15) is 0 Å². The minimum atomic E-state index is -3.44. The van der Waals surface area contributed by atoms with E-state index in [1.807, 2.05) is 14.0 Å². The maximum absolute atomic E-state index is 12.3. The second-order valence-electron chi connectivity index (χ2n) is 5.00. The minimum absolute atomic E-state index is 0.00856. The maximum Gasteiger partial charge on any atom is 0.241 e. The molecule has 1 unspecified atom stereocenters. The van der Waals surface area contributed by atoms with E-state index < -0.39 is 10.0 Å². The van der Waals surface area contributed by atoms with Gasteiger partial charge in [-0.25, -0.2) is 13.1 Å². The van der Waals surface area contributed by atoms with E-state index in [0.29, 0.717) is 18.0 Å². The summed E-state index contributed by atoms with van der Waals surface area (Å²) in [5.74, 6) is 0. The Morgan fingerprint density at radius 3 is 2.90 bits per heavy atom. The highest BCUT2D eigenvalue weighted by Crippen LogP contribution is 2.25. The molecule has 0 saturated carbocycles. The van der Waals surface area contributed by atoms with Gasteiger partial charge in [-0.1, -0.05) is 0 Å². The van der Waals surface area contributed by atoms with Gasteiger partial charge in [-0.05, 0) is 39.3 Å². The maximum atomic E-state index is 12.3. The van der Waals surface area contributed by atoms with E-state index in [0.717, 1.165) is 35.6 Å². The Hall–Kier alpha value is -0.470. The molecule has 114 valence electrons.